The zero-order valence-corrected chi connectivity index (χ0v) is 10.1. The van der Waals surface area contributed by atoms with Crippen molar-refractivity contribution in [2.24, 2.45) is 0 Å². The Morgan fingerprint density at radius 2 is 2.06 bits per heavy atom. The van der Waals surface area contributed by atoms with Crippen LogP contribution < -0.4 is 5.32 Å². The molecule has 2 rings (SSSR count). The van der Waals surface area contributed by atoms with Gasteiger partial charge in [0.2, 0.25) is 0 Å². The molecule has 1 aliphatic heterocycles. The zero-order valence-electron chi connectivity index (χ0n) is 10.1. The predicted octanol–water partition coefficient (Wildman–Crippen LogP) is 1.28. The highest BCUT2D eigenvalue weighted by Crippen LogP contribution is 2.20. The summed E-state index contributed by atoms with van der Waals surface area (Å²) in [6.45, 7) is 3.15. The summed E-state index contributed by atoms with van der Waals surface area (Å²) < 4.78 is 10.2. The van der Waals surface area contributed by atoms with E-state index < -0.39 is 11.9 Å². The van der Waals surface area contributed by atoms with Crippen LogP contribution in [-0.4, -0.2) is 35.7 Å². The first-order chi connectivity index (χ1) is 8.50. The Hall–Kier alpha value is -1.82. The molecule has 1 amide bonds. The Balaban J connectivity index is 2.04. The van der Waals surface area contributed by atoms with Crippen LogP contribution in [0.25, 0.3) is 0 Å². The Bertz CT molecular complexity index is 459. The maximum absolute atomic E-state index is 11.9. The summed E-state index contributed by atoms with van der Waals surface area (Å²) in [7, 11) is 0. The van der Waals surface area contributed by atoms with E-state index in [2.05, 4.69) is 5.32 Å². The van der Waals surface area contributed by atoms with Crippen LogP contribution in [0.4, 0.5) is 0 Å². The Kier molecular flexibility index (Phi) is 3.38. The van der Waals surface area contributed by atoms with Crippen LogP contribution in [0.3, 0.4) is 0 Å². The highest BCUT2D eigenvalue weighted by atomic mass is 16.5. The van der Waals surface area contributed by atoms with Crippen molar-refractivity contribution in [3.63, 3.8) is 0 Å². The van der Waals surface area contributed by atoms with Gasteiger partial charge in [-0.05, 0) is 19.8 Å². The lowest BCUT2D eigenvalue weighted by molar-refractivity contribution is 0.0414. The van der Waals surface area contributed by atoms with Crippen molar-refractivity contribution in [2.75, 3.05) is 13.2 Å². The minimum Gasteiger partial charge on any atom is -0.478 e. The molecule has 1 fully saturated rings. The number of hydrogen-bond acceptors (Lipinski definition) is 4. The molecular weight excluding hydrogens is 238 g/mol. The smallest absolute Gasteiger partial charge is 0.338 e. The summed E-state index contributed by atoms with van der Waals surface area (Å²) in [5.41, 5.74) is -0.358. The van der Waals surface area contributed by atoms with E-state index in [1.165, 1.54) is 6.07 Å². The molecule has 1 saturated heterocycles. The van der Waals surface area contributed by atoms with Gasteiger partial charge in [-0.25, -0.2) is 4.79 Å². The monoisotopic (exact) mass is 253 g/mol. The van der Waals surface area contributed by atoms with Crippen molar-refractivity contribution in [1.29, 1.82) is 0 Å². The largest absolute Gasteiger partial charge is 0.478 e. The van der Waals surface area contributed by atoms with E-state index in [0.29, 0.717) is 13.2 Å². The third kappa shape index (κ3) is 2.70. The number of amides is 1. The molecular formula is C12H15NO5. The van der Waals surface area contributed by atoms with Crippen LogP contribution in [0.1, 0.15) is 40.7 Å². The second-order valence-electron chi connectivity index (χ2n) is 4.63. The molecule has 6 heteroatoms. The number of carboxylic acids is 1. The summed E-state index contributed by atoms with van der Waals surface area (Å²) in [6, 6.07) is 1.22. The Labute approximate surface area is 104 Å². The molecule has 98 valence electrons. The predicted molar refractivity (Wildman–Crippen MR) is 61.6 cm³/mol. The molecule has 2 N–H and O–H groups in total. The van der Waals surface area contributed by atoms with E-state index in [1.54, 1.807) is 0 Å². The average Bonchev–Trinajstić information content (AvgIpc) is 2.78. The number of carbonyl (C=O) groups is 2. The summed E-state index contributed by atoms with van der Waals surface area (Å²) in [5.74, 6) is -1.50. The lowest BCUT2D eigenvalue weighted by Crippen LogP contribution is -2.49. The van der Waals surface area contributed by atoms with E-state index in [9.17, 15) is 9.59 Å². The van der Waals surface area contributed by atoms with E-state index in [-0.39, 0.29) is 16.9 Å². The maximum Gasteiger partial charge on any atom is 0.338 e. The zero-order chi connectivity index (χ0) is 13.2. The first kappa shape index (κ1) is 12.6. The summed E-state index contributed by atoms with van der Waals surface area (Å²) >= 11 is 0. The van der Waals surface area contributed by atoms with Gasteiger partial charge >= 0.3 is 5.97 Å². The van der Waals surface area contributed by atoms with Gasteiger partial charge in [-0.15, -0.1) is 0 Å². The number of ether oxygens (including phenoxy) is 1. The van der Waals surface area contributed by atoms with Gasteiger partial charge in [-0.1, -0.05) is 0 Å². The van der Waals surface area contributed by atoms with E-state index >= 15 is 0 Å². The summed E-state index contributed by atoms with van der Waals surface area (Å²) in [5, 5.41) is 11.6. The molecule has 0 radical (unpaired) electrons. The molecule has 6 nitrogen and oxygen atoms in total. The second-order valence-corrected chi connectivity index (χ2v) is 4.63. The number of aromatic carboxylic acids is 1. The van der Waals surface area contributed by atoms with Gasteiger partial charge in [0, 0.05) is 24.8 Å². The van der Waals surface area contributed by atoms with Crippen LogP contribution in [0.5, 0.6) is 0 Å². The fraction of sp³-hybridized carbons (Fsp3) is 0.500. The standard InChI is InChI=1S/C12H15NO5/c1-12(2-4-17-5-3-12)13-10(14)9-6-8(7-18-9)11(15)16/h6-7H,2-5H2,1H3,(H,13,14)(H,15,16). The molecule has 0 aliphatic carbocycles. The second kappa shape index (κ2) is 4.81. The molecule has 0 unspecified atom stereocenters. The lowest BCUT2D eigenvalue weighted by atomic mass is 9.92. The van der Waals surface area contributed by atoms with Crippen molar-refractivity contribution < 1.29 is 23.8 Å². The SMILES string of the molecule is CC1(NC(=O)c2cc(C(=O)O)co2)CCOCC1. The van der Waals surface area contributed by atoms with Crippen LogP contribution in [0.15, 0.2) is 16.7 Å². The van der Waals surface area contributed by atoms with Crippen molar-refractivity contribution >= 4 is 11.9 Å². The topological polar surface area (TPSA) is 88.8 Å². The molecule has 0 saturated carbocycles. The van der Waals surface area contributed by atoms with Gasteiger partial charge in [0.15, 0.2) is 5.76 Å². The Morgan fingerprint density at radius 3 is 2.61 bits per heavy atom. The number of rotatable bonds is 3. The third-order valence-electron chi connectivity index (χ3n) is 3.08. The van der Waals surface area contributed by atoms with E-state index in [1.807, 2.05) is 6.92 Å². The molecule has 1 aromatic heterocycles. The van der Waals surface area contributed by atoms with Gasteiger partial charge in [-0.3, -0.25) is 4.79 Å². The number of hydrogen-bond donors (Lipinski definition) is 2. The van der Waals surface area contributed by atoms with E-state index in [4.69, 9.17) is 14.3 Å². The van der Waals surface area contributed by atoms with Crippen molar-refractivity contribution in [1.82, 2.24) is 5.32 Å². The Morgan fingerprint density at radius 1 is 1.39 bits per heavy atom. The molecule has 1 aromatic rings. The fourth-order valence-corrected chi connectivity index (χ4v) is 1.85. The van der Waals surface area contributed by atoms with Crippen LogP contribution >= 0.6 is 0 Å². The molecule has 0 atom stereocenters. The third-order valence-corrected chi connectivity index (χ3v) is 3.08. The quantitative estimate of drug-likeness (QED) is 0.847. The molecule has 0 spiro atoms. The maximum atomic E-state index is 11.9. The van der Waals surface area contributed by atoms with Gasteiger partial charge in [0.05, 0.1) is 5.56 Å². The van der Waals surface area contributed by atoms with Gasteiger partial charge in [0.25, 0.3) is 5.91 Å². The van der Waals surface area contributed by atoms with E-state index in [0.717, 1.165) is 19.1 Å². The van der Waals surface area contributed by atoms with Crippen molar-refractivity contribution in [2.45, 2.75) is 25.3 Å². The lowest BCUT2D eigenvalue weighted by Gasteiger charge is -2.34. The number of nitrogens with one attached hydrogen (secondary N) is 1. The van der Waals surface area contributed by atoms with Gasteiger partial charge in [-0.2, -0.15) is 0 Å². The van der Waals surface area contributed by atoms with Crippen LogP contribution in [0, 0.1) is 0 Å². The number of carbonyl (C=O) groups excluding carboxylic acids is 1. The molecule has 0 aromatic carbocycles. The highest BCUT2D eigenvalue weighted by molar-refractivity contribution is 5.95. The first-order valence-electron chi connectivity index (χ1n) is 5.72. The highest BCUT2D eigenvalue weighted by Gasteiger charge is 2.30. The average molecular weight is 253 g/mol. The number of carboxylic acid groups (broad SMARTS) is 1. The summed E-state index contributed by atoms with van der Waals surface area (Å²) in [6.07, 6.45) is 2.51. The minimum atomic E-state index is -1.12. The minimum absolute atomic E-state index is 0.0140. The van der Waals surface area contributed by atoms with Crippen LogP contribution in [0.2, 0.25) is 0 Å². The fourth-order valence-electron chi connectivity index (χ4n) is 1.85. The molecule has 0 bridgehead atoms. The van der Waals surface area contributed by atoms with Crippen LogP contribution in [-0.2, 0) is 4.74 Å². The molecule has 18 heavy (non-hydrogen) atoms. The van der Waals surface area contributed by atoms with Crippen molar-refractivity contribution in [3.8, 4) is 0 Å². The van der Waals surface area contributed by atoms with Crippen molar-refractivity contribution in [3.05, 3.63) is 23.7 Å². The first-order valence-corrected chi connectivity index (χ1v) is 5.72. The normalized spacial score (nSPS) is 18.3. The molecule has 2 heterocycles. The summed E-state index contributed by atoms with van der Waals surface area (Å²) in [4.78, 5) is 22.6. The number of furan rings is 1. The molecule has 1 aliphatic rings. The van der Waals surface area contributed by atoms with Gasteiger partial charge in [0.1, 0.15) is 6.26 Å². The van der Waals surface area contributed by atoms with Gasteiger partial charge < -0.3 is 19.6 Å².